The van der Waals surface area contributed by atoms with Gasteiger partial charge in [-0.3, -0.25) is 9.98 Å². The average Bonchev–Trinajstić information content (AvgIpc) is 2.33. The fourth-order valence-electron chi connectivity index (χ4n) is 1.72. The maximum atomic E-state index is 4.40. The van der Waals surface area contributed by atoms with Gasteiger partial charge in [-0.15, -0.1) is 0 Å². The lowest BCUT2D eigenvalue weighted by atomic mass is 10.0. The highest BCUT2D eigenvalue weighted by Crippen LogP contribution is 2.20. The van der Waals surface area contributed by atoms with Crippen LogP contribution in [0, 0.1) is 6.92 Å². The molecule has 0 aliphatic heterocycles. The van der Waals surface area contributed by atoms with Gasteiger partial charge in [0.05, 0.1) is 5.52 Å². The molecule has 16 heavy (non-hydrogen) atoms. The average molecular weight is 210 g/mol. The lowest BCUT2D eigenvalue weighted by molar-refractivity contribution is 1.36. The molecule has 0 saturated heterocycles. The summed E-state index contributed by atoms with van der Waals surface area (Å²) in [5.74, 6) is 0. The Morgan fingerprint density at radius 3 is 2.94 bits per heavy atom. The molecule has 0 aliphatic rings. The predicted octanol–water partition coefficient (Wildman–Crippen LogP) is 3.26. The monoisotopic (exact) mass is 210 g/mol. The van der Waals surface area contributed by atoms with Crippen molar-refractivity contribution in [3.63, 3.8) is 0 Å². The first-order valence-electron chi connectivity index (χ1n) is 5.26. The summed E-state index contributed by atoms with van der Waals surface area (Å²) < 4.78 is 0. The number of fused-ring (bicyclic) bond motifs is 1. The van der Waals surface area contributed by atoms with E-state index < -0.39 is 0 Å². The number of aliphatic imine (C=N–C) groups is 1. The molecule has 0 bridgehead atoms. The number of benzene rings is 1. The number of rotatable bonds is 2. The van der Waals surface area contributed by atoms with Crippen molar-refractivity contribution in [1.82, 2.24) is 4.98 Å². The van der Waals surface area contributed by atoms with Gasteiger partial charge in [0.15, 0.2) is 0 Å². The zero-order chi connectivity index (χ0) is 11.4. The number of hydrogen-bond donors (Lipinski definition) is 0. The zero-order valence-corrected chi connectivity index (χ0v) is 9.51. The maximum Gasteiger partial charge on any atom is 0.0737 e. The largest absolute Gasteiger partial charge is 0.297 e. The summed E-state index contributed by atoms with van der Waals surface area (Å²) in [6.07, 6.45) is 7.60. The van der Waals surface area contributed by atoms with Crippen molar-refractivity contribution >= 4 is 23.2 Å². The molecule has 80 valence electrons. The van der Waals surface area contributed by atoms with Gasteiger partial charge >= 0.3 is 0 Å². The van der Waals surface area contributed by atoms with E-state index >= 15 is 0 Å². The fraction of sp³-hybridized carbons (Fsp3) is 0.143. The summed E-state index contributed by atoms with van der Waals surface area (Å²) in [7, 11) is 1.76. The highest BCUT2D eigenvalue weighted by atomic mass is 14.6. The van der Waals surface area contributed by atoms with E-state index in [2.05, 4.69) is 41.2 Å². The first-order chi connectivity index (χ1) is 7.83. The van der Waals surface area contributed by atoms with Gasteiger partial charge in [-0.05, 0) is 30.2 Å². The van der Waals surface area contributed by atoms with Crippen LogP contribution in [0.3, 0.4) is 0 Å². The molecule has 2 nitrogen and oxygen atoms in total. The highest BCUT2D eigenvalue weighted by molar-refractivity contribution is 5.87. The van der Waals surface area contributed by atoms with Crippen LogP contribution in [0.1, 0.15) is 11.1 Å². The smallest absolute Gasteiger partial charge is 0.0737 e. The molecule has 0 saturated carbocycles. The third-order valence-corrected chi connectivity index (χ3v) is 2.58. The van der Waals surface area contributed by atoms with E-state index in [4.69, 9.17) is 0 Å². The molecule has 2 rings (SSSR count). The predicted molar refractivity (Wildman–Crippen MR) is 69.9 cm³/mol. The molecular formula is C14H14N2. The number of aromatic nitrogens is 1. The molecule has 0 radical (unpaired) electrons. The summed E-state index contributed by atoms with van der Waals surface area (Å²) >= 11 is 0. The van der Waals surface area contributed by atoms with Crippen molar-refractivity contribution in [3.05, 3.63) is 47.7 Å². The van der Waals surface area contributed by atoms with E-state index in [9.17, 15) is 0 Å². The number of hydrogen-bond acceptors (Lipinski definition) is 2. The van der Waals surface area contributed by atoms with E-state index in [-0.39, 0.29) is 0 Å². The van der Waals surface area contributed by atoms with E-state index in [1.54, 1.807) is 13.3 Å². The number of aryl methyl sites for hydroxylation is 1. The van der Waals surface area contributed by atoms with Gasteiger partial charge in [0.25, 0.3) is 0 Å². The van der Waals surface area contributed by atoms with Gasteiger partial charge in [-0.1, -0.05) is 24.3 Å². The minimum Gasteiger partial charge on any atom is -0.297 e. The Morgan fingerprint density at radius 2 is 2.12 bits per heavy atom. The summed E-state index contributed by atoms with van der Waals surface area (Å²) in [5.41, 5.74) is 3.46. The molecule has 1 aromatic carbocycles. The van der Waals surface area contributed by atoms with Gasteiger partial charge in [0, 0.05) is 24.8 Å². The summed E-state index contributed by atoms with van der Waals surface area (Å²) in [6.45, 7) is 2.10. The first-order valence-corrected chi connectivity index (χ1v) is 5.26. The van der Waals surface area contributed by atoms with Crippen LogP contribution in [0.2, 0.25) is 0 Å². The van der Waals surface area contributed by atoms with Gasteiger partial charge < -0.3 is 0 Å². The molecule has 0 amide bonds. The first kappa shape index (κ1) is 10.6. The van der Waals surface area contributed by atoms with Gasteiger partial charge in [-0.2, -0.15) is 0 Å². The molecule has 1 aromatic heterocycles. The van der Waals surface area contributed by atoms with Crippen LogP contribution in [0.25, 0.3) is 17.0 Å². The standard InChI is InChI=1S/C14H14N2/c1-11-12(5-3-9-15-2)7-8-13-6-4-10-16-14(11)13/h3-10H,1-2H3/b5-3-,15-9+. The van der Waals surface area contributed by atoms with Crippen LogP contribution < -0.4 is 0 Å². The Balaban J connectivity index is 2.52. The summed E-state index contributed by atoms with van der Waals surface area (Å²) in [4.78, 5) is 8.32. The Bertz CT molecular complexity index is 554. The third-order valence-electron chi connectivity index (χ3n) is 2.58. The quantitative estimate of drug-likeness (QED) is 0.698. The molecule has 2 aromatic rings. The summed E-state index contributed by atoms with van der Waals surface area (Å²) in [6, 6.07) is 8.24. The molecule has 0 unspecified atom stereocenters. The Labute approximate surface area is 95.4 Å². The molecule has 2 heteroatoms. The van der Waals surface area contributed by atoms with Crippen molar-refractivity contribution in [2.24, 2.45) is 4.99 Å². The molecule has 0 aliphatic carbocycles. The van der Waals surface area contributed by atoms with E-state index in [0.717, 1.165) is 5.52 Å². The molecule has 0 N–H and O–H groups in total. The number of allylic oxidation sites excluding steroid dienone is 1. The normalized spacial score (nSPS) is 11.9. The third kappa shape index (κ3) is 2.01. The van der Waals surface area contributed by atoms with E-state index in [0.29, 0.717) is 0 Å². The molecular weight excluding hydrogens is 196 g/mol. The molecule has 0 atom stereocenters. The Morgan fingerprint density at radius 1 is 1.25 bits per heavy atom. The van der Waals surface area contributed by atoms with Crippen molar-refractivity contribution in [2.45, 2.75) is 6.92 Å². The highest BCUT2D eigenvalue weighted by Gasteiger charge is 2.00. The Kier molecular flexibility index (Phi) is 3.10. The van der Waals surface area contributed by atoms with Crippen molar-refractivity contribution < 1.29 is 0 Å². The van der Waals surface area contributed by atoms with E-state index in [1.807, 2.05) is 18.3 Å². The Hall–Kier alpha value is -1.96. The van der Waals surface area contributed by atoms with Crippen molar-refractivity contribution in [2.75, 3.05) is 7.05 Å². The minimum absolute atomic E-state index is 1.07. The van der Waals surface area contributed by atoms with Crippen LogP contribution in [0.15, 0.2) is 41.5 Å². The van der Waals surface area contributed by atoms with Crippen LogP contribution in [-0.4, -0.2) is 18.2 Å². The second-order valence-corrected chi connectivity index (χ2v) is 3.62. The van der Waals surface area contributed by atoms with Crippen LogP contribution in [0.5, 0.6) is 0 Å². The zero-order valence-electron chi connectivity index (χ0n) is 9.51. The van der Waals surface area contributed by atoms with Gasteiger partial charge in [0.2, 0.25) is 0 Å². The van der Waals surface area contributed by atoms with Crippen LogP contribution in [-0.2, 0) is 0 Å². The summed E-state index contributed by atoms with van der Waals surface area (Å²) in [5, 5.41) is 1.18. The van der Waals surface area contributed by atoms with Crippen molar-refractivity contribution in [3.8, 4) is 0 Å². The number of pyridine rings is 1. The molecule has 1 heterocycles. The molecule has 0 fully saturated rings. The van der Waals surface area contributed by atoms with Crippen LogP contribution in [0.4, 0.5) is 0 Å². The van der Waals surface area contributed by atoms with Crippen LogP contribution >= 0.6 is 0 Å². The van der Waals surface area contributed by atoms with Gasteiger partial charge in [0.1, 0.15) is 0 Å². The lowest BCUT2D eigenvalue weighted by Gasteiger charge is -2.04. The second kappa shape index (κ2) is 4.71. The van der Waals surface area contributed by atoms with Gasteiger partial charge in [-0.25, -0.2) is 0 Å². The van der Waals surface area contributed by atoms with Crippen molar-refractivity contribution in [1.29, 1.82) is 0 Å². The minimum atomic E-state index is 1.07. The maximum absolute atomic E-state index is 4.40. The lowest BCUT2D eigenvalue weighted by Crippen LogP contribution is -1.86. The fourth-order valence-corrected chi connectivity index (χ4v) is 1.72. The topological polar surface area (TPSA) is 25.2 Å². The number of nitrogens with zero attached hydrogens (tertiary/aromatic N) is 2. The SMILES string of the molecule is C/N=C/C=C\c1ccc2cccnc2c1C. The van der Waals surface area contributed by atoms with E-state index in [1.165, 1.54) is 16.5 Å². The molecule has 0 spiro atoms. The second-order valence-electron chi connectivity index (χ2n) is 3.62.